The molecule has 94 valence electrons. The quantitative estimate of drug-likeness (QED) is 0.834. The van der Waals surface area contributed by atoms with E-state index in [0.717, 1.165) is 9.47 Å². The number of hydrogen-bond acceptors (Lipinski definition) is 6. The van der Waals surface area contributed by atoms with Gasteiger partial charge in [0.15, 0.2) is 4.34 Å². The molecule has 6 heteroatoms. The molecule has 0 amide bonds. The number of rotatable bonds is 5. The van der Waals surface area contributed by atoms with Crippen molar-refractivity contribution < 1.29 is 4.79 Å². The maximum atomic E-state index is 10.9. The molecular formula is C11H17N3OS2. The third-order valence-corrected chi connectivity index (χ3v) is 4.87. The maximum Gasteiger partial charge on any atom is 0.206 e. The second-order valence-electron chi connectivity index (χ2n) is 4.34. The third-order valence-electron chi connectivity index (χ3n) is 2.74. The predicted octanol–water partition coefficient (Wildman–Crippen LogP) is 2.96. The molecule has 1 aromatic heterocycles. The van der Waals surface area contributed by atoms with Crippen LogP contribution in [-0.2, 0) is 4.79 Å². The molecule has 1 aromatic rings. The van der Waals surface area contributed by atoms with Gasteiger partial charge in [0.05, 0.1) is 5.75 Å². The monoisotopic (exact) mass is 271 g/mol. The van der Waals surface area contributed by atoms with Gasteiger partial charge in [-0.3, -0.25) is 4.79 Å². The number of anilines is 1. The Balaban J connectivity index is 1.82. The molecule has 1 aliphatic rings. The summed E-state index contributed by atoms with van der Waals surface area (Å²) in [6, 6.07) is 0.558. The lowest BCUT2D eigenvalue weighted by Crippen LogP contribution is -2.21. The summed E-state index contributed by atoms with van der Waals surface area (Å²) in [5, 5.41) is 12.5. The highest BCUT2D eigenvalue weighted by Crippen LogP contribution is 2.28. The minimum absolute atomic E-state index is 0.173. The molecule has 0 atom stereocenters. The number of hydrogen-bond donors (Lipinski definition) is 1. The number of carbonyl (C=O) groups is 1. The maximum absolute atomic E-state index is 10.9. The van der Waals surface area contributed by atoms with Crippen LogP contribution in [0.1, 0.15) is 39.0 Å². The molecule has 0 bridgehead atoms. The number of ketones is 1. The molecule has 1 aliphatic carbocycles. The smallest absolute Gasteiger partial charge is 0.206 e. The molecular weight excluding hydrogens is 254 g/mol. The van der Waals surface area contributed by atoms with Gasteiger partial charge in [-0.2, -0.15) is 0 Å². The highest BCUT2D eigenvalue weighted by atomic mass is 32.2. The van der Waals surface area contributed by atoms with E-state index in [1.54, 1.807) is 18.3 Å². The molecule has 0 unspecified atom stereocenters. The van der Waals surface area contributed by atoms with Crippen molar-refractivity contribution in [2.75, 3.05) is 11.1 Å². The van der Waals surface area contributed by atoms with Gasteiger partial charge in [0.25, 0.3) is 0 Å². The van der Waals surface area contributed by atoms with Crippen LogP contribution in [0.25, 0.3) is 0 Å². The summed E-state index contributed by atoms with van der Waals surface area (Å²) < 4.78 is 0.874. The normalized spacial score (nSPS) is 17.0. The summed E-state index contributed by atoms with van der Waals surface area (Å²) in [5.41, 5.74) is 0. The predicted molar refractivity (Wildman–Crippen MR) is 71.8 cm³/mol. The fourth-order valence-electron chi connectivity index (χ4n) is 1.91. The fourth-order valence-corrected chi connectivity index (χ4v) is 3.54. The molecule has 2 rings (SSSR count). The first kappa shape index (κ1) is 12.8. The van der Waals surface area contributed by atoms with Crippen LogP contribution in [0.3, 0.4) is 0 Å². The second kappa shape index (κ2) is 6.35. The van der Waals surface area contributed by atoms with Crippen LogP contribution in [0.5, 0.6) is 0 Å². The highest BCUT2D eigenvalue weighted by Gasteiger charge is 2.15. The SMILES string of the molecule is CC(=O)CSc1nnc(NC2CCCCC2)s1. The molecule has 0 spiro atoms. The fraction of sp³-hybridized carbons (Fsp3) is 0.727. The van der Waals surface area contributed by atoms with Gasteiger partial charge in [0, 0.05) is 6.04 Å². The van der Waals surface area contributed by atoms with Gasteiger partial charge in [-0.25, -0.2) is 0 Å². The summed E-state index contributed by atoms with van der Waals surface area (Å²) in [6.45, 7) is 1.59. The zero-order valence-electron chi connectivity index (χ0n) is 9.94. The van der Waals surface area contributed by atoms with Crippen molar-refractivity contribution in [1.29, 1.82) is 0 Å². The van der Waals surface area contributed by atoms with Gasteiger partial charge in [-0.15, -0.1) is 10.2 Å². The number of thioether (sulfide) groups is 1. The lowest BCUT2D eigenvalue weighted by molar-refractivity contribution is -0.114. The Kier molecular flexibility index (Phi) is 4.79. The zero-order valence-corrected chi connectivity index (χ0v) is 11.6. The van der Waals surface area contributed by atoms with Crippen LogP contribution in [0.4, 0.5) is 5.13 Å². The number of Topliss-reactive ketones (excluding diaryl/α,β-unsaturated/α-hetero) is 1. The van der Waals surface area contributed by atoms with Crippen molar-refractivity contribution in [1.82, 2.24) is 10.2 Å². The Hall–Kier alpha value is -0.620. The largest absolute Gasteiger partial charge is 0.357 e. The van der Waals surface area contributed by atoms with Crippen molar-refractivity contribution >= 4 is 34.0 Å². The van der Waals surface area contributed by atoms with Gasteiger partial charge >= 0.3 is 0 Å². The minimum atomic E-state index is 0.173. The lowest BCUT2D eigenvalue weighted by atomic mass is 9.96. The Morgan fingerprint density at radius 1 is 1.41 bits per heavy atom. The Labute approximate surface area is 110 Å². The Morgan fingerprint density at radius 2 is 2.18 bits per heavy atom. The van der Waals surface area contributed by atoms with Gasteiger partial charge in [0.2, 0.25) is 5.13 Å². The van der Waals surface area contributed by atoms with Crippen molar-refractivity contribution in [3.8, 4) is 0 Å². The van der Waals surface area contributed by atoms with Crippen LogP contribution in [0.2, 0.25) is 0 Å². The van der Waals surface area contributed by atoms with Crippen LogP contribution < -0.4 is 5.32 Å². The summed E-state index contributed by atoms with van der Waals surface area (Å²) in [7, 11) is 0. The van der Waals surface area contributed by atoms with Crippen LogP contribution >= 0.6 is 23.1 Å². The summed E-state index contributed by atoms with van der Waals surface area (Å²) in [6.07, 6.45) is 6.43. The van der Waals surface area contributed by atoms with E-state index in [2.05, 4.69) is 15.5 Å². The first-order chi connectivity index (χ1) is 8.24. The third kappa shape index (κ3) is 4.27. The lowest BCUT2D eigenvalue weighted by Gasteiger charge is -2.21. The molecule has 1 heterocycles. The highest BCUT2D eigenvalue weighted by molar-refractivity contribution is 8.01. The van der Waals surface area contributed by atoms with Gasteiger partial charge in [-0.05, 0) is 19.8 Å². The van der Waals surface area contributed by atoms with E-state index in [1.807, 2.05) is 0 Å². The molecule has 0 aromatic carbocycles. The van der Waals surface area contributed by atoms with Crippen molar-refractivity contribution in [3.63, 3.8) is 0 Å². The van der Waals surface area contributed by atoms with Crippen LogP contribution in [-0.4, -0.2) is 27.8 Å². The molecule has 0 aliphatic heterocycles. The Bertz CT molecular complexity index is 375. The summed E-state index contributed by atoms with van der Waals surface area (Å²) in [5.74, 6) is 0.657. The number of aromatic nitrogens is 2. The average molecular weight is 271 g/mol. The Morgan fingerprint density at radius 3 is 2.88 bits per heavy atom. The molecule has 0 radical (unpaired) electrons. The van der Waals surface area contributed by atoms with Crippen LogP contribution in [0.15, 0.2) is 4.34 Å². The van der Waals surface area contributed by atoms with Crippen molar-refractivity contribution in [2.45, 2.75) is 49.4 Å². The number of nitrogens with zero attached hydrogens (tertiary/aromatic N) is 2. The van der Waals surface area contributed by atoms with Gasteiger partial charge in [-0.1, -0.05) is 42.4 Å². The van der Waals surface area contributed by atoms with Crippen molar-refractivity contribution in [2.24, 2.45) is 0 Å². The van der Waals surface area contributed by atoms with E-state index in [0.29, 0.717) is 11.8 Å². The average Bonchev–Trinajstić information content (AvgIpc) is 2.75. The van der Waals surface area contributed by atoms with Crippen molar-refractivity contribution in [3.05, 3.63) is 0 Å². The van der Waals surface area contributed by atoms with Gasteiger partial charge < -0.3 is 5.32 Å². The van der Waals surface area contributed by atoms with E-state index in [9.17, 15) is 4.79 Å². The number of nitrogens with one attached hydrogen (secondary N) is 1. The topological polar surface area (TPSA) is 54.9 Å². The molecule has 0 saturated heterocycles. The summed E-state index contributed by atoms with van der Waals surface area (Å²) >= 11 is 3.01. The van der Waals surface area contributed by atoms with E-state index < -0.39 is 0 Å². The van der Waals surface area contributed by atoms with Crippen LogP contribution in [0, 0.1) is 0 Å². The molecule has 1 saturated carbocycles. The molecule has 4 nitrogen and oxygen atoms in total. The molecule has 17 heavy (non-hydrogen) atoms. The summed E-state index contributed by atoms with van der Waals surface area (Å²) in [4.78, 5) is 10.9. The first-order valence-electron chi connectivity index (χ1n) is 5.96. The van der Waals surface area contributed by atoms with E-state index in [4.69, 9.17) is 0 Å². The number of carbonyl (C=O) groups excluding carboxylic acids is 1. The minimum Gasteiger partial charge on any atom is -0.357 e. The molecule has 1 N–H and O–H groups in total. The molecule has 1 fully saturated rings. The second-order valence-corrected chi connectivity index (χ2v) is 6.54. The van der Waals surface area contributed by atoms with E-state index in [-0.39, 0.29) is 5.78 Å². The van der Waals surface area contributed by atoms with E-state index in [1.165, 1.54) is 43.9 Å². The standard InChI is InChI=1S/C11H17N3OS2/c1-8(15)7-16-11-14-13-10(17-11)12-9-5-3-2-4-6-9/h9H,2-7H2,1H3,(H,12,13). The first-order valence-corrected chi connectivity index (χ1v) is 7.76. The zero-order chi connectivity index (χ0) is 12.1. The van der Waals surface area contributed by atoms with Gasteiger partial charge in [0.1, 0.15) is 5.78 Å². The van der Waals surface area contributed by atoms with E-state index >= 15 is 0 Å².